The molecule has 0 aliphatic carbocycles. The Hall–Kier alpha value is -0.660. The van der Waals surface area contributed by atoms with Crippen LogP contribution in [0, 0.1) is 0 Å². The smallest absolute Gasteiger partial charge is 0.115 e. The number of rotatable bonds is 0. The van der Waals surface area contributed by atoms with Crippen LogP contribution in [0.2, 0.25) is 0 Å². The Labute approximate surface area is 54.9 Å². The molecule has 50 valence electrons. The van der Waals surface area contributed by atoms with Crippen molar-refractivity contribution in [2.45, 2.75) is 19.3 Å². The van der Waals surface area contributed by atoms with E-state index < -0.39 is 0 Å². The summed E-state index contributed by atoms with van der Waals surface area (Å²) in [7, 11) is 0. The third-order valence-corrected chi connectivity index (χ3v) is 1.88. The molecule has 1 N–H and O–H groups in total. The van der Waals surface area contributed by atoms with E-state index in [0.717, 1.165) is 26.0 Å². The molecule has 0 spiro atoms. The Morgan fingerprint density at radius 1 is 1.33 bits per heavy atom. The van der Waals surface area contributed by atoms with E-state index in [4.69, 9.17) is 4.74 Å². The van der Waals surface area contributed by atoms with Crippen LogP contribution >= 0.6 is 0 Å². The number of nitrogens with one attached hydrogen (secondary N) is 1. The Bertz CT molecular complexity index is 135. The minimum Gasteiger partial charge on any atom is -0.496 e. The maximum Gasteiger partial charge on any atom is 0.115 e. The molecule has 0 aromatic heterocycles. The van der Waals surface area contributed by atoms with Gasteiger partial charge in [0, 0.05) is 19.4 Å². The highest BCUT2D eigenvalue weighted by Crippen LogP contribution is 2.23. The monoisotopic (exact) mass is 125 g/mol. The van der Waals surface area contributed by atoms with Crippen molar-refractivity contribution in [3.05, 3.63) is 11.5 Å². The molecule has 0 bridgehead atoms. The molecule has 0 saturated carbocycles. The summed E-state index contributed by atoms with van der Waals surface area (Å²) >= 11 is 0. The molecule has 2 aliphatic rings. The average molecular weight is 125 g/mol. The van der Waals surface area contributed by atoms with E-state index in [0.29, 0.717) is 0 Å². The van der Waals surface area contributed by atoms with Crippen molar-refractivity contribution in [2.24, 2.45) is 0 Å². The van der Waals surface area contributed by atoms with Crippen molar-refractivity contribution in [1.29, 1.82) is 0 Å². The highest BCUT2D eigenvalue weighted by Gasteiger charge is 2.17. The van der Waals surface area contributed by atoms with Crippen LogP contribution in [-0.4, -0.2) is 13.2 Å². The Morgan fingerprint density at radius 2 is 2.33 bits per heavy atom. The third kappa shape index (κ3) is 0.784. The van der Waals surface area contributed by atoms with Crippen molar-refractivity contribution in [3.63, 3.8) is 0 Å². The normalized spacial score (nSPS) is 24.9. The number of allylic oxidation sites excluding steroid dienone is 1. The van der Waals surface area contributed by atoms with Gasteiger partial charge in [-0.1, -0.05) is 0 Å². The third-order valence-electron chi connectivity index (χ3n) is 1.88. The van der Waals surface area contributed by atoms with Crippen LogP contribution in [0.15, 0.2) is 11.5 Å². The van der Waals surface area contributed by atoms with Crippen LogP contribution < -0.4 is 5.32 Å². The zero-order chi connectivity index (χ0) is 6.10. The van der Waals surface area contributed by atoms with Crippen LogP contribution in [0.1, 0.15) is 19.3 Å². The second kappa shape index (κ2) is 1.94. The van der Waals surface area contributed by atoms with Crippen molar-refractivity contribution < 1.29 is 4.74 Å². The maximum absolute atomic E-state index is 5.37. The van der Waals surface area contributed by atoms with Gasteiger partial charge in [0.2, 0.25) is 0 Å². The average Bonchev–Trinajstić information content (AvgIpc) is 2.33. The molecule has 0 aromatic carbocycles. The lowest BCUT2D eigenvalue weighted by Gasteiger charge is -2.13. The molecule has 0 aromatic rings. The van der Waals surface area contributed by atoms with E-state index >= 15 is 0 Å². The first-order valence-electron chi connectivity index (χ1n) is 3.55. The lowest BCUT2D eigenvalue weighted by Crippen LogP contribution is -2.19. The molecule has 2 heteroatoms. The molecule has 0 radical (unpaired) electrons. The predicted octanol–water partition coefficient (Wildman–Crippen LogP) is 1.00. The van der Waals surface area contributed by atoms with Gasteiger partial charge in [-0.2, -0.15) is 0 Å². The molecule has 2 rings (SSSR count). The van der Waals surface area contributed by atoms with Gasteiger partial charge in [-0.3, -0.25) is 0 Å². The van der Waals surface area contributed by atoms with Gasteiger partial charge in [0.05, 0.1) is 12.3 Å². The van der Waals surface area contributed by atoms with E-state index in [9.17, 15) is 0 Å². The summed E-state index contributed by atoms with van der Waals surface area (Å²) in [6.07, 6.45) is 3.50. The molecule has 2 aliphatic heterocycles. The zero-order valence-corrected chi connectivity index (χ0v) is 5.44. The van der Waals surface area contributed by atoms with Crippen LogP contribution in [0.4, 0.5) is 0 Å². The topological polar surface area (TPSA) is 21.3 Å². The van der Waals surface area contributed by atoms with Crippen molar-refractivity contribution in [2.75, 3.05) is 13.2 Å². The fourth-order valence-electron chi connectivity index (χ4n) is 1.40. The van der Waals surface area contributed by atoms with Crippen LogP contribution in [0.5, 0.6) is 0 Å². The molecule has 0 amide bonds. The first-order valence-corrected chi connectivity index (χ1v) is 3.55. The van der Waals surface area contributed by atoms with Gasteiger partial charge in [-0.15, -0.1) is 0 Å². The van der Waals surface area contributed by atoms with Crippen LogP contribution in [0.25, 0.3) is 0 Å². The fourth-order valence-corrected chi connectivity index (χ4v) is 1.40. The summed E-state index contributed by atoms with van der Waals surface area (Å²) < 4.78 is 5.37. The molecule has 0 saturated heterocycles. The van der Waals surface area contributed by atoms with E-state index in [1.807, 2.05) is 0 Å². The molecule has 0 atom stereocenters. The number of hydrogen-bond acceptors (Lipinski definition) is 2. The van der Waals surface area contributed by atoms with Gasteiger partial charge < -0.3 is 10.1 Å². The Morgan fingerprint density at radius 3 is 3.22 bits per heavy atom. The number of hydrogen-bond donors (Lipinski definition) is 1. The molecule has 0 fully saturated rings. The minimum absolute atomic E-state index is 0.900. The SMILES string of the molecule is C1CNC2=C(C1)OCC2. The van der Waals surface area contributed by atoms with Gasteiger partial charge in [0.15, 0.2) is 0 Å². The molecular formula is C7H11NO. The summed E-state index contributed by atoms with van der Waals surface area (Å²) in [5, 5.41) is 3.34. The maximum atomic E-state index is 5.37. The van der Waals surface area contributed by atoms with Crippen LogP contribution in [-0.2, 0) is 4.74 Å². The summed E-state index contributed by atoms with van der Waals surface area (Å²) in [5.74, 6) is 1.22. The minimum atomic E-state index is 0.900. The van der Waals surface area contributed by atoms with Gasteiger partial charge >= 0.3 is 0 Å². The molecule has 0 unspecified atom stereocenters. The first kappa shape index (κ1) is 5.15. The quantitative estimate of drug-likeness (QED) is 0.521. The van der Waals surface area contributed by atoms with E-state index in [1.165, 1.54) is 17.9 Å². The fraction of sp³-hybridized carbons (Fsp3) is 0.714. The van der Waals surface area contributed by atoms with Crippen LogP contribution in [0.3, 0.4) is 0 Å². The lowest BCUT2D eigenvalue weighted by molar-refractivity contribution is 0.231. The van der Waals surface area contributed by atoms with E-state index in [-0.39, 0.29) is 0 Å². The number of ether oxygens (including phenoxy) is 1. The molecule has 2 nitrogen and oxygen atoms in total. The van der Waals surface area contributed by atoms with Gasteiger partial charge in [0.1, 0.15) is 5.76 Å². The molecule has 2 heterocycles. The van der Waals surface area contributed by atoms with Crippen molar-refractivity contribution in [1.82, 2.24) is 5.32 Å². The van der Waals surface area contributed by atoms with E-state index in [1.54, 1.807) is 0 Å². The molecule has 9 heavy (non-hydrogen) atoms. The summed E-state index contributed by atoms with van der Waals surface area (Å²) in [6.45, 7) is 2.04. The summed E-state index contributed by atoms with van der Waals surface area (Å²) in [6, 6.07) is 0. The van der Waals surface area contributed by atoms with Gasteiger partial charge in [0.25, 0.3) is 0 Å². The highest BCUT2D eigenvalue weighted by atomic mass is 16.5. The van der Waals surface area contributed by atoms with Gasteiger partial charge in [-0.05, 0) is 6.42 Å². The summed E-state index contributed by atoms with van der Waals surface area (Å²) in [4.78, 5) is 0. The Balaban J connectivity index is 2.17. The highest BCUT2D eigenvalue weighted by molar-refractivity contribution is 5.13. The largest absolute Gasteiger partial charge is 0.496 e. The summed E-state index contributed by atoms with van der Waals surface area (Å²) in [5.41, 5.74) is 1.36. The second-order valence-electron chi connectivity index (χ2n) is 2.53. The Kier molecular flexibility index (Phi) is 1.11. The lowest BCUT2D eigenvalue weighted by atomic mass is 10.1. The van der Waals surface area contributed by atoms with Crippen molar-refractivity contribution in [3.8, 4) is 0 Å². The predicted molar refractivity (Wildman–Crippen MR) is 34.8 cm³/mol. The molecular weight excluding hydrogens is 114 g/mol. The van der Waals surface area contributed by atoms with Crippen molar-refractivity contribution >= 4 is 0 Å². The van der Waals surface area contributed by atoms with E-state index in [2.05, 4.69) is 5.32 Å². The second-order valence-corrected chi connectivity index (χ2v) is 2.53. The standard InChI is InChI=1S/C7H11NO/c1-2-7-6(8-4-1)3-5-9-7/h8H,1-5H2. The van der Waals surface area contributed by atoms with Gasteiger partial charge in [-0.25, -0.2) is 0 Å². The zero-order valence-electron chi connectivity index (χ0n) is 5.44. The first-order chi connectivity index (χ1) is 4.47.